The summed E-state index contributed by atoms with van der Waals surface area (Å²) in [7, 11) is 0. The van der Waals surface area contributed by atoms with Crippen LogP contribution in [0.5, 0.6) is 0 Å². The Morgan fingerprint density at radius 2 is 2.16 bits per heavy atom. The predicted octanol–water partition coefficient (Wildman–Crippen LogP) is 2.17. The van der Waals surface area contributed by atoms with Crippen molar-refractivity contribution >= 4 is 23.0 Å². The molecule has 2 aliphatic rings. The fourth-order valence-corrected chi connectivity index (χ4v) is 5.01. The van der Waals surface area contributed by atoms with E-state index in [9.17, 15) is 19.5 Å². The lowest BCUT2D eigenvalue weighted by Crippen LogP contribution is -2.49. The summed E-state index contributed by atoms with van der Waals surface area (Å²) < 4.78 is 5.70. The first-order valence-corrected chi connectivity index (χ1v) is 10.2. The summed E-state index contributed by atoms with van der Waals surface area (Å²) in [5.74, 6) is -0.803. The minimum absolute atomic E-state index is 0.0787. The van der Waals surface area contributed by atoms with Crippen molar-refractivity contribution in [2.24, 2.45) is 11.7 Å². The number of hydrogen-bond acceptors (Lipinski definition) is 5. The molecule has 0 bridgehead atoms. The summed E-state index contributed by atoms with van der Waals surface area (Å²) in [6, 6.07) is 5.05. The maximum Gasteiger partial charge on any atom is 0.411 e. The maximum absolute atomic E-state index is 12.7. The second-order valence-corrected chi connectivity index (χ2v) is 8.47. The number of amides is 1. The average molecular weight is 425 g/mol. The number of nitrogens with zero attached hydrogens (tertiary/aromatic N) is 1. The maximum atomic E-state index is 12.7. The van der Waals surface area contributed by atoms with Crippen molar-refractivity contribution in [2.75, 3.05) is 13.1 Å². The molecule has 2 aromatic heterocycles. The summed E-state index contributed by atoms with van der Waals surface area (Å²) >= 11 is 0. The number of carbonyl (C=O) groups is 2. The van der Waals surface area contributed by atoms with Gasteiger partial charge in [-0.05, 0) is 37.8 Å². The van der Waals surface area contributed by atoms with Crippen molar-refractivity contribution in [3.05, 3.63) is 46.0 Å². The minimum Gasteiger partial charge on any atom is -0.477 e. The monoisotopic (exact) mass is 425 g/mol. The van der Waals surface area contributed by atoms with Gasteiger partial charge < -0.3 is 25.7 Å². The van der Waals surface area contributed by atoms with Crippen molar-refractivity contribution in [3.63, 3.8) is 0 Å². The highest BCUT2D eigenvalue weighted by molar-refractivity contribution is 6.08. The van der Waals surface area contributed by atoms with E-state index < -0.39 is 17.1 Å². The highest BCUT2D eigenvalue weighted by Crippen LogP contribution is 2.47. The molecule has 1 amide bonds. The zero-order valence-electron chi connectivity index (χ0n) is 16.9. The normalized spacial score (nSPS) is 23.9. The number of nitrogens with one attached hydrogen (secondary N) is 3. The van der Waals surface area contributed by atoms with Gasteiger partial charge in [0.05, 0.1) is 23.7 Å². The number of fused-ring (bicyclic) bond motifs is 1. The highest BCUT2D eigenvalue weighted by atomic mass is 16.6. The topological polar surface area (TPSA) is 157 Å². The minimum atomic E-state index is -1.17. The van der Waals surface area contributed by atoms with Gasteiger partial charge in [-0.3, -0.25) is 14.8 Å². The second kappa shape index (κ2) is 6.74. The summed E-state index contributed by atoms with van der Waals surface area (Å²) in [6.45, 7) is 2.94. The highest BCUT2D eigenvalue weighted by Gasteiger charge is 2.54. The van der Waals surface area contributed by atoms with Crippen LogP contribution >= 0.6 is 0 Å². The molecule has 1 aliphatic carbocycles. The van der Waals surface area contributed by atoms with Crippen LogP contribution in [0.4, 0.5) is 4.79 Å². The van der Waals surface area contributed by atoms with Crippen molar-refractivity contribution in [3.8, 4) is 11.1 Å². The molecule has 5 rings (SSSR count). The van der Waals surface area contributed by atoms with Crippen molar-refractivity contribution in [1.29, 1.82) is 0 Å². The number of carboxylic acid groups (broad SMARTS) is 1. The number of aromatic amines is 3. The van der Waals surface area contributed by atoms with Gasteiger partial charge in [0.25, 0.3) is 5.56 Å². The third-order valence-electron chi connectivity index (χ3n) is 6.57. The molecular weight excluding hydrogens is 402 g/mol. The molecule has 10 heteroatoms. The zero-order valence-corrected chi connectivity index (χ0v) is 16.9. The van der Waals surface area contributed by atoms with E-state index in [2.05, 4.69) is 15.2 Å². The van der Waals surface area contributed by atoms with Crippen LogP contribution in [0.15, 0.2) is 29.2 Å². The van der Waals surface area contributed by atoms with Crippen LogP contribution in [0.2, 0.25) is 0 Å². The smallest absolute Gasteiger partial charge is 0.411 e. The van der Waals surface area contributed by atoms with E-state index in [0.717, 1.165) is 18.4 Å². The van der Waals surface area contributed by atoms with Crippen molar-refractivity contribution < 1.29 is 19.4 Å². The van der Waals surface area contributed by atoms with Crippen LogP contribution < -0.4 is 11.3 Å². The molecule has 1 aromatic carbocycles. The van der Waals surface area contributed by atoms with Crippen LogP contribution in [0.1, 0.15) is 41.9 Å². The van der Waals surface area contributed by atoms with Gasteiger partial charge in [-0.1, -0.05) is 18.2 Å². The van der Waals surface area contributed by atoms with Gasteiger partial charge in [0, 0.05) is 17.1 Å². The quantitative estimate of drug-likeness (QED) is 0.421. The molecule has 6 N–H and O–H groups in total. The van der Waals surface area contributed by atoms with Gasteiger partial charge in [0.2, 0.25) is 0 Å². The number of rotatable bonds is 5. The second-order valence-electron chi connectivity index (χ2n) is 8.47. The molecule has 1 atom stereocenters. The first-order chi connectivity index (χ1) is 14.8. The van der Waals surface area contributed by atoms with E-state index in [4.69, 9.17) is 10.5 Å². The number of carbonyl (C=O) groups excluding carboxylic acids is 1. The number of benzene rings is 1. The fourth-order valence-electron chi connectivity index (χ4n) is 5.01. The Hall–Kier alpha value is -3.53. The summed E-state index contributed by atoms with van der Waals surface area (Å²) in [4.78, 5) is 41.4. The number of aromatic nitrogens is 3. The van der Waals surface area contributed by atoms with Crippen molar-refractivity contribution in [1.82, 2.24) is 20.1 Å². The largest absolute Gasteiger partial charge is 0.477 e. The van der Waals surface area contributed by atoms with Gasteiger partial charge in [-0.25, -0.2) is 9.59 Å². The molecule has 1 saturated heterocycles. The van der Waals surface area contributed by atoms with Gasteiger partial charge in [-0.2, -0.15) is 0 Å². The zero-order chi connectivity index (χ0) is 21.9. The Kier molecular flexibility index (Phi) is 4.23. The van der Waals surface area contributed by atoms with Crippen molar-refractivity contribution in [2.45, 2.75) is 31.4 Å². The van der Waals surface area contributed by atoms with E-state index in [1.165, 1.54) is 6.20 Å². The number of aromatic carboxylic acids is 1. The molecule has 31 heavy (non-hydrogen) atoms. The lowest BCUT2D eigenvalue weighted by Gasteiger charge is -2.42. The molecular formula is C21H23N5O5. The molecule has 2 fully saturated rings. The molecule has 10 nitrogen and oxygen atoms in total. The van der Waals surface area contributed by atoms with E-state index in [0.29, 0.717) is 35.5 Å². The summed E-state index contributed by atoms with van der Waals surface area (Å²) in [6.07, 6.45) is 2.58. The third kappa shape index (κ3) is 2.86. The lowest BCUT2D eigenvalue weighted by atomic mass is 9.71. The number of nitrogens with two attached hydrogens (primary N) is 1. The van der Waals surface area contributed by atoms with Gasteiger partial charge >= 0.3 is 12.1 Å². The molecule has 3 heterocycles. The Labute approximate surface area is 176 Å². The molecule has 0 unspecified atom stereocenters. The van der Waals surface area contributed by atoms with Crippen LogP contribution in [0.25, 0.3) is 22.0 Å². The first-order valence-electron chi connectivity index (χ1n) is 10.2. The molecule has 1 spiro atoms. The first kappa shape index (κ1) is 19.4. The molecule has 1 saturated carbocycles. The Balaban J connectivity index is 1.57. The average Bonchev–Trinajstić information content (AvgIpc) is 3.40. The Morgan fingerprint density at radius 1 is 1.39 bits per heavy atom. The third-order valence-corrected chi connectivity index (χ3v) is 6.57. The van der Waals surface area contributed by atoms with Crippen LogP contribution in [0, 0.1) is 5.92 Å². The number of hydrogen-bond donors (Lipinski definition) is 5. The standard InChI is InChI=1S/C21H23N5O5/c1-10(26-9-21(31-20(26)30)5-11(6-21)7-22)12-3-2-4-13-15(14-8-23-25-18(14)27)17(19(28)29)24-16(12)13/h2-4,8,10-11,24H,5-7,9,22H2,1H3,(H,28,29)(H2,23,25,27)/t10-,11?,21?/m0/s1. The summed E-state index contributed by atoms with van der Waals surface area (Å²) in [5, 5.41) is 15.4. The van der Waals surface area contributed by atoms with Gasteiger partial charge in [-0.15, -0.1) is 0 Å². The number of H-pyrrole nitrogens is 3. The number of ether oxygens (including phenoxy) is 1. The Morgan fingerprint density at radius 3 is 2.81 bits per heavy atom. The molecule has 3 aromatic rings. The SMILES string of the molecule is C[C@@H](c1cccc2c(-c3c[nH][nH]c3=O)c(C(=O)O)[nH]c12)N1CC2(CC(CN)C2)OC1=O. The van der Waals surface area contributed by atoms with Gasteiger partial charge in [0.1, 0.15) is 11.3 Å². The number of para-hydroxylation sites is 1. The molecule has 1 aliphatic heterocycles. The van der Waals surface area contributed by atoms with E-state index in [1.54, 1.807) is 17.0 Å². The lowest BCUT2D eigenvalue weighted by molar-refractivity contribution is -0.0439. The number of carboxylic acids is 1. The van der Waals surface area contributed by atoms with Gasteiger partial charge in [0.15, 0.2) is 0 Å². The molecule has 162 valence electrons. The summed E-state index contributed by atoms with van der Waals surface area (Å²) in [5.41, 5.74) is 6.63. The fraction of sp³-hybridized carbons (Fsp3) is 0.381. The molecule has 0 radical (unpaired) electrons. The van der Waals surface area contributed by atoms with Crippen LogP contribution in [0.3, 0.4) is 0 Å². The Bertz CT molecular complexity index is 1250. The van der Waals surface area contributed by atoms with E-state index in [1.807, 2.05) is 13.0 Å². The predicted molar refractivity (Wildman–Crippen MR) is 112 cm³/mol. The van der Waals surface area contributed by atoms with Crippen LogP contribution in [-0.2, 0) is 4.74 Å². The van der Waals surface area contributed by atoms with Crippen LogP contribution in [-0.4, -0.2) is 55.9 Å². The van der Waals surface area contributed by atoms with E-state index >= 15 is 0 Å². The van der Waals surface area contributed by atoms with E-state index in [-0.39, 0.29) is 23.4 Å².